The first-order valence-corrected chi connectivity index (χ1v) is 7.73. The fourth-order valence-corrected chi connectivity index (χ4v) is 3.05. The Bertz CT molecular complexity index is 490. The molecule has 7 heteroatoms. The summed E-state index contributed by atoms with van der Waals surface area (Å²) in [6, 6.07) is 3.60. The van der Waals surface area contributed by atoms with E-state index in [0.29, 0.717) is 25.9 Å². The fourth-order valence-electron chi connectivity index (χ4n) is 2.88. The SMILES string of the molecule is OCCC[C@H](c1ccc(Cl)cc1C(F)(F)F)N1CCNCC1. The van der Waals surface area contributed by atoms with Gasteiger partial charge >= 0.3 is 6.18 Å². The van der Waals surface area contributed by atoms with Crippen LogP contribution in [0.3, 0.4) is 0 Å². The highest BCUT2D eigenvalue weighted by molar-refractivity contribution is 6.30. The van der Waals surface area contributed by atoms with Crippen LogP contribution in [0.5, 0.6) is 0 Å². The van der Waals surface area contributed by atoms with Crippen LogP contribution in [0.4, 0.5) is 13.2 Å². The summed E-state index contributed by atoms with van der Waals surface area (Å²) in [4.78, 5) is 2.05. The molecule has 0 radical (unpaired) electrons. The van der Waals surface area contributed by atoms with Crippen molar-refractivity contribution in [2.45, 2.75) is 25.1 Å². The smallest absolute Gasteiger partial charge is 0.396 e. The summed E-state index contributed by atoms with van der Waals surface area (Å²) < 4.78 is 40.0. The molecule has 1 aromatic carbocycles. The van der Waals surface area contributed by atoms with Gasteiger partial charge in [-0.3, -0.25) is 4.90 Å². The zero-order chi connectivity index (χ0) is 16.2. The maximum atomic E-state index is 13.3. The van der Waals surface area contributed by atoms with Crippen molar-refractivity contribution in [3.05, 3.63) is 34.3 Å². The largest absolute Gasteiger partial charge is 0.416 e. The standard InChI is InChI=1S/C15H20ClF3N2O/c16-11-3-4-12(13(10-11)15(17,18)19)14(2-1-9-22)21-7-5-20-6-8-21/h3-4,10,14,20,22H,1-2,5-9H2/t14-/m1/s1. The van der Waals surface area contributed by atoms with Gasteiger partial charge in [0.2, 0.25) is 0 Å². The van der Waals surface area contributed by atoms with Gasteiger partial charge in [-0.1, -0.05) is 17.7 Å². The number of hydrogen-bond acceptors (Lipinski definition) is 3. The van der Waals surface area contributed by atoms with Crippen LogP contribution in [-0.4, -0.2) is 42.8 Å². The van der Waals surface area contributed by atoms with Crippen molar-refractivity contribution >= 4 is 11.6 Å². The molecule has 0 unspecified atom stereocenters. The molecular weight excluding hydrogens is 317 g/mol. The Hall–Kier alpha value is -0.820. The topological polar surface area (TPSA) is 35.5 Å². The number of rotatable bonds is 5. The van der Waals surface area contributed by atoms with E-state index in [0.717, 1.165) is 19.2 Å². The number of benzene rings is 1. The molecule has 1 fully saturated rings. The van der Waals surface area contributed by atoms with Gasteiger partial charge in [0.25, 0.3) is 0 Å². The maximum absolute atomic E-state index is 13.3. The van der Waals surface area contributed by atoms with Gasteiger partial charge in [-0.2, -0.15) is 13.2 Å². The van der Waals surface area contributed by atoms with E-state index in [4.69, 9.17) is 16.7 Å². The molecule has 0 bridgehead atoms. The normalized spacial score (nSPS) is 18.4. The molecule has 0 aliphatic carbocycles. The van der Waals surface area contributed by atoms with Gasteiger partial charge in [-0.25, -0.2) is 0 Å². The van der Waals surface area contributed by atoms with Crippen molar-refractivity contribution in [3.8, 4) is 0 Å². The Kier molecular flexibility index (Phi) is 6.09. The molecule has 1 aliphatic heterocycles. The lowest BCUT2D eigenvalue weighted by Gasteiger charge is -2.36. The molecule has 2 rings (SSSR count). The lowest BCUT2D eigenvalue weighted by atomic mass is 9.94. The minimum absolute atomic E-state index is 0.0302. The summed E-state index contributed by atoms with van der Waals surface area (Å²) in [5, 5.41) is 12.3. The number of alkyl halides is 3. The molecule has 3 nitrogen and oxygen atoms in total. The second-order valence-corrected chi connectivity index (χ2v) is 5.83. The third-order valence-corrected chi connectivity index (χ3v) is 4.14. The minimum Gasteiger partial charge on any atom is -0.396 e. The molecular formula is C15H20ClF3N2O. The average molecular weight is 337 g/mol. The monoisotopic (exact) mass is 336 g/mol. The van der Waals surface area contributed by atoms with Crippen molar-refractivity contribution < 1.29 is 18.3 Å². The summed E-state index contributed by atoms with van der Waals surface area (Å²) in [7, 11) is 0. The molecule has 0 aromatic heterocycles. The van der Waals surface area contributed by atoms with Crippen LogP contribution in [0.2, 0.25) is 5.02 Å². The number of halogens is 4. The van der Waals surface area contributed by atoms with Crippen molar-refractivity contribution in [2.75, 3.05) is 32.8 Å². The van der Waals surface area contributed by atoms with E-state index in [-0.39, 0.29) is 23.2 Å². The number of nitrogens with one attached hydrogen (secondary N) is 1. The number of hydrogen-bond donors (Lipinski definition) is 2. The van der Waals surface area contributed by atoms with E-state index in [2.05, 4.69) is 5.32 Å². The Morgan fingerprint density at radius 3 is 2.55 bits per heavy atom. The summed E-state index contributed by atoms with van der Waals surface area (Å²) in [6.07, 6.45) is -3.48. The highest BCUT2D eigenvalue weighted by Gasteiger charge is 2.36. The predicted octanol–water partition coefficient (Wildman–Crippen LogP) is 3.08. The average Bonchev–Trinajstić information content (AvgIpc) is 2.49. The molecule has 124 valence electrons. The van der Waals surface area contributed by atoms with Gasteiger partial charge in [0.1, 0.15) is 0 Å². The molecule has 1 heterocycles. The Labute approximate surface area is 133 Å². The molecule has 0 amide bonds. The second kappa shape index (κ2) is 7.64. The summed E-state index contributed by atoms with van der Waals surface area (Å²) in [6.45, 7) is 2.86. The van der Waals surface area contributed by atoms with E-state index >= 15 is 0 Å². The van der Waals surface area contributed by atoms with Crippen LogP contribution in [0.25, 0.3) is 0 Å². The van der Waals surface area contributed by atoms with Crippen LogP contribution in [-0.2, 0) is 6.18 Å². The Morgan fingerprint density at radius 1 is 1.27 bits per heavy atom. The van der Waals surface area contributed by atoms with Gasteiger partial charge in [0, 0.05) is 43.9 Å². The van der Waals surface area contributed by atoms with Gasteiger partial charge in [0.05, 0.1) is 5.56 Å². The van der Waals surface area contributed by atoms with Crippen molar-refractivity contribution in [2.24, 2.45) is 0 Å². The Morgan fingerprint density at radius 2 is 1.95 bits per heavy atom. The summed E-state index contributed by atoms with van der Waals surface area (Å²) in [5.41, 5.74) is -0.436. The first-order valence-electron chi connectivity index (χ1n) is 7.35. The minimum atomic E-state index is -4.44. The number of nitrogens with zero attached hydrogens (tertiary/aromatic N) is 1. The summed E-state index contributed by atoms with van der Waals surface area (Å²) in [5.74, 6) is 0. The molecule has 1 saturated heterocycles. The predicted molar refractivity (Wildman–Crippen MR) is 80.0 cm³/mol. The molecule has 0 spiro atoms. The second-order valence-electron chi connectivity index (χ2n) is 5.40. The molecule has 2 N–H and O–H groups in total. The van der Waals surface area contributed by atoms with Gasteiger partial charge in [-0.05, 0) is 30.5 Å². The van der Waals surface area contributed by atoms with Crippen LogP contribution >= 0.6 is 11.6 Å². The summed E-state index contributed by atoms with van der Waals surface area (Å²) >= 11 is 5.75. The van der Waals surface area contributed by atoms with Crippen LogP contribution in [0.1, 0.15) is 30.0 Å². The highest BCUT2D eigenvalue weighted by Crippen LogP contribution is 2.39. The van der Waals surface area contributed by atoms with Gasteiger partial charge in [0.15, 0.2) is 0 Å². The van der Waals surface area contributed by atoms with Crippen molar-refractivity contribution in [1.29, 1.82) is 0 Å². The van der Waals surface area contributed by atoms with Crippen molar-refractivity contribution in [3.63, 3.8) is 0 Å². The number of aliphatic hydroxyl groups excluding tert-OH is 1. The van der Waals surface area contributed by atoms with Gasteiger partial charge in [-0.15, -0.1) is 0 Å². The van der Waals surface area contributed by atoms with E-state index in [1.807, 2.05) is 4.90 Å². The lowest BCUT2D eigenvalue weighted by molar-refractivity contribution is -0.138. The maximum Gasteiger partial charge on any atom is 0.416 e. The number of piperazine rings is 1. The van der Waals surface area contributed by atoms with Crippen LogP contribution in [0.15, 0.2) is 18.2 Å². The fraction of sp³-hybridized carbons (Fsp3) is 0.600. The third kappa shape index (κ3) is 4.35. The first-order chi connectivity index (χ1) is 10.4. The first kappa shape index (κ1) is 17.5. The molecule has 0 saturated carbocycles. The van der Waals surface area contributed by atoms with E-state index in [1.165, 1.54) is 12.1 Å². The van der Waals surface area contributed by atoms with Crippen molar-refractivity contribution in [1.82, 2.24) is 10.2 Å². The molecule has 1 aromatic rings. The van der Waals surface area contributed by atoms with Crippen LogP contribution in [0, 0.1) is 0 Å². The lowest BCUT2D eigenvalue weighted by Crippen LogP contribution is -2.45. The van der Waals surface area contributed by atoms with E-state index in [1.54, 1.807) is 0 Å². The molecule has 22 heavy (non-hydrogen) atoms. The number of aliphatic hydroxyl groups is 1. The quantitative estimate of drug-likeness (QED) is 0.867. The third-order valence-electron chi connectivity index (χ3n) is 3.91. The molecule has 1 aliphatic rings. The van der Waals surface area contributed by atoms with Crippen LogP contribution < -0.4 is 5.32 Å². The van der Waals surface area contributed by atoms with E-state index in [9.17, 15) is 13.2 Å². The zero-order valence-electron chi connectivity index (χ0n) is 12.2. The molecule has 1 atom stereocenters. The van der Waals surface area contributed by atoms with E-state index < -0.39 is 11.7 Å². The highest BCUT2D eigenvalue weighted by atomic mass is 35.5. The Balaban J connectivity index is 2.37. The van der Waals surface area contributed by atoms with Gasteiger partial charge < -0.3 is 10.4 Å². The zero-order valence-corrected chi connectivity index (χ0v) is 12.9.